The Bertz CT molecular complexity index is 1050. The van der Waals surface area contributed by atoms with Crippen molar-refractivity contribution in [1.82, 2.24) is 10.3 Å². The zero-order valence-electron chi connectivity index (χ0n) is 16.6. The third-order valence-electron chi connectivity index (χ3n) is 4.49. The first-order valence-electron chi connectivity index (χ1n) is 9.65. The van der Waals surface area contributed by atoms with Crippen LogP contribution in [0, 0.1) is 6.92 Å². The van der Waals surface area contributed by atoms with Crippen LogP contribution in [0.5, 0.6) is 11.5 Å². The average Bonchev–Trinajstić information content (AvgIpc) is 2.78. The molecule has 0 fully saturated rings. The van der Waals surface area contributed by atoms with Gasteiger partial charge in [0.15, 0.2) is 11.5 Å². The minimum absolute atomic E-state index is 0.245. The first-order valence-corrected chi connectivity index (χ1v) is 9.65. The Morgan fingerprint density at radius 2 is 1.87 bits per heavy atom. The number of aryl methyl sites for hydroxylation is 1. The predicted octanol–water partition coefficient (Wildman–Crippen LogP) is 3.56. The van der Waals surface area contributed by atoms with E-state index in [2.05, 4.69) is 20.6 Å². The number of hydrogen-bond donors (Lipinski definition) is 2. The number of aliphatic imine (C=N–C) groups is 1. The van der Waals surface area contributed by atoms with Gasteiger partial charge in [0, 0.05) is 29.7 Å². The standard InChI is InChI=1S/C23H22N4O3/c1-16-4-6-18(7-5-16)22(28)27-23(25-15-17-3-2-10-24-14-17)26-19-8-9-20-21(13-19)30-12-11-29-20/h2-10,13-14H,11-12,15H2,1H3,(H2,25,26,27,28). The van der Waals surface area contributed by atoms with E-state index in [1.54, 1.807) is 24.5 Å². The highest BCUT2D eigenvalue weighted by Crippen LogP contribution is 2.32. The van der Waals surface area contributed by atoms with Crippen molar-refractivity contribution in [3.63, 3.8) is 0 Å². The lowest BCUT2D eigenvalue weighted by Gasteiger charge is -2.19. The summed E-state index contributed by atoms with van der Waals surface area (Å²) in [6, 6.07) is 16.7. The quantitative estimate of drug-likeness (QED) is 0.515. The summed E-state index contributed by atoms with van der Waals surface area (Å²) in [5, 5.41) is 6.03. The highest BCUT2D eigenvalue weighted by Gasteiger charge is 2.14. The second-order valence-corrected chi connectivity index (χ2v) is 6.83. The molecule has 7 heteroatoms. The normalized spacial score (nSPS) is 12.9. The lowest BCUT2D eigenvalue weighted by Crippen LogP contribution is -2.36. The number of carbonyl (C=O) groups is 1. The maximum Gasteiger partial charge on any atom is 0.257 e. The second-order valence-electron chi connectivity index (χ2n) is 6.83. The van der Waals surface area contributed by atoms with Gasteiger partial charge in [-0.05, 0) is 42.8 Å². The molecule has 1 aliphatic rings. The summed E-state index contributed by atoms with van der Waals surface area (Å²) in [5.74, 6) is 1.44. The number of fused-ring (bicyclic) bond motifs is 1. The van der Waals surface area contributed by atoms with E-state index < -0.39 is 0 Å². The third kappa shape index (κ3) is 4.94. The molecule has 3 aromatic rings. The lowest BCUT2D eigenvalue weighted by atomic mass is 10.1. The molecule has 2 aromatic carbocycles. The van der Waals surface area contributed by atoms with Gasteiger partial charge < -0.3 is 14.8 Å². The predicted molar refractivity (Wildman–Crippen MR) is 115 cm³/mol. The van der Waals surface area contributed by atoms with Gasteiger partial charge in [-0.2, -0.15) is 0 Å². The molecule has 4 rings (SSSR count). The van der Waals surface area contributed by atoms with Gasteiger partial charge in [-0.15, -0.1) is 0 Å². The Morgan fingerprint density at radius 1 is 1.07 bits per heavy atom. The van der Waals surface area contributed by atoms with Crippen LogP contribution in [0.4, 0.5) is 5.69 Å². The Labute approximate surface area is 174 Å². The number of pyridine rings is 1. The first-order chi connectivity index (χ1) is 14.7. The van der Waals surface area contributed by atoms with Crippen LogP contribution >= 0.6 is 0 Å². The highest BCUT2D eigenvalue weighted by atomic mass is 16.6. The van der Waals surface area contributed by atoms with Crippen LogP contribution in [-0.4, -0.2) is 30.1 Å². The number of anilines is 1. The SMILES string of the molecule is Cc1ccc(C(=O)NC(=NCc2cccnc2)Nc2ccc3c(c2)OCCO3)cc1. The van der Waals surface area contributed by atoms with Crippen molar-refractivity contribution < 1.29 is 14.3 Å². The zero-order chi connectivity index (χ0) is 20.8. The number of rotatable bonds is 4. The van der Waals surface area contributed by atoms with E-state index in [-0.39, 0.29) is 5.91 Å². The number of guanidine groups is 1. The summed E-state index contributed by atoms with van der Waals surface area (Å²) in [7, 11) is 0. The van der Waals surface area contributed by atoms with Gasteiger partial charge >= 0.3 is 0 Å². The minimum atomic E-state index is -0.245. The maximum atomic E-state index is 12.7. The van der Waals surface area contributed by atoms with Crippen molar-refractivity contribution >= 4 is 17.6 Å². The average molecular weight is 402 g/mol. The van der Waals surface area contributed by atoms with Crippen molar-refractivity contribution in [1.29, 1.82) is 0 Å². The number of ether oxygens (including phenoxy) is 2. The molecule has 0 spiro atoms. The molecule has 1 amide bonds. The highest BCUT2D eigenvalue weighted by molar-refractivity contribution is 6.10. The number of amides is 1. The molecule has 2 heterocycles. The summed E-state index contributed by atoms with van der Waals surface area (Å²) >= 11 is 0. The summed E-state index contributed by atoms with van der Waals surface area (Å²) in [5.41, 5.74) is 3.31. The fourth-order valence-corrected chi connectivity index (χ4v) is 2.91. The zero-order valence-corrected chi connectivity index (χ0v) is 16.6. The van der Waals surface area contributed by atoms with Gasteiger partial charge in [0.1, 0.15) is 13.2 Å². The molecule has 0 bridgehead atoms. The molecule has 0 atom stereocenters. The van der Waals surface area contributed by atoms with Crippen molar-refractivity contribution in [2.45, 2.75) is 13.5 Å². The fourth-order valence-electron chi connectivity index (χ4n) is 2.91. The van der Waals surface area contributed by atoms with E-state index >= 15 is 0 Å². The van der Waals surface area contributed by atoms with Crippen LogP contribution in [-0.2, 0) is 6.54 Å². The van der Waals surface area contributed by atoms with Crippen molar-refractivity contribution in [2.24, 2.45) is 4.99 Å². The number of hydrogen-bond acceptors (Lipinski definition) is 5. The van der Waals surface area contributed by atoms with Gasteiger partial charge in [-0.3, -0.25) is 15.1 Å². The Hall–Kier alpha value is -3.87. The van der Waals surface area contributed by atoms with Gasteiger partial charge in [-0.25, -0.2) is 4.99 Å². The van der Waals surface area contributed by atoms with E-state index in [0.717, 1.165) is 16.8 Å². The molecule has 0 unspecified atom stereocenters. The van der Waals surface area contributed by atoms with Gasteiger partial charge in [0.2, 0.25) is 5.96 Å². The first kappa shape index (κ1) is 19.4. The molecule has 30 heavy (non-hydrogen) atoms. The molecule has 1 aliphatic heterocycles. The summed E-state index contributed by atoms with van der Waals surface area (Å²) < 4.78 is 11.2. The van der Waals surface area contributed by atoms with Gasteiger partial charge in [0.25, 0.3) is 5.91 Å². The maximum absolute atomic E-state index is 12.7. The topological polar surface area (TPSA) is 84.8 Å². The molecule has 0 saturated heterocycles. The van der Waals surface area contributed by atoms with E-state index in [9.17, 15) is 4.79 Å². The fraction of sp³-hybridized carbons (Fsp3) is 0.174. The van der Waals surface area contributed by atoms with Crippen LogP contribution in [0.25, 0.3) is 0 Å². The minimum Gasteiger partial charge on any atom is -0.486 e. The lowest BCUT2D eigenvalue weighted by molar-refractivity contribution is 0.0977. The molecule has 0 aliphatic carbocycles. The number of carbonyl (C=O) groups excluding carboxylic acids is 1. The summed E-state index contributed by atoms with van der Waals surface area (Å²) in [6.07, 6.45) is 3.45. The monoisotopic (exact) mass is 402 g/mol. The van der Waals surface area contributed by atoms with E-state index in [1.807, 2.05) is 49.4 Å². The van der Waals surface area contributed by atoms with Crippen LogP contribution in [0.15, 0.2) is 72.0 Å². The molecular weight excluding hydrogens is 380 g/mol. The number of benzene rings is 2. The van der Waals surface area contributed by atoms with Crippen LogP contribution in [0.1, 0.15) is 21.5 Å². The molecule has 0 radical (unpaired) electrons. The van der Waals surface area contributed by atoms with E-state index in [0.29, 0.717) is 42.8 Å². The smallest absolute Gasteiger partial charge is 0.257 e. The summed E-state index contributed by atoms with van der Waals surface area (Å²) in [4.78, 5) is 21.4. The molecule has 2 N–H and O–H groups in total. The number of aromatic nitrogens is 1. The van der Waals surface area contributed by atoms with E-state index in [4.69, 9.17) is 9.47 Å². The van der Waals surface area contributed by atoms with Gasteiger partial charge in [0.05, 0.1) is 6.54 Å². The molecule has 152 valence electrons. The molecule has 0 saturated carbocycles. The van der Waals surface area contributed by atoms with Gasteiger partial charge in [-0.1, -0.05) is 23.8 Å². The van der Waals surface area contributed by atoms with E-state index in [1.165, 1.54) is 0 Å². The summed E-state index contributed by atoms with van der Waals surface area (Å²) in [6.45, 7) is 3.38. The van der Waals surface area contributed by atoms with Crippen LogP contribution in [0.3, 0.4) is 0 Å². The Kier molecular flexibility index (Phi) is 5.89. The number of nitrogens with zero attached hydrogens (tertiary/aromatic N) is 2. The van der Waals surface area contributed by atoms with Crippen LogP contribution in [0.2, 0.25) is 0 Å². The van der Waals surface area contributed by atoms with Crippen molar-refractivity contribution in [3.8, 4) is 11.5 Å². The molecule has 1 aromatic heterocycles. The van der Waals surface area contributed by atoms with Crippen molar-refractivity contribution in [2.75, 3.05) is 18.5 Å². The Morgan fingerprint density at radius 3 is 2.63 bits per heavy atom. The second kappa shape index (κ2) is 9.09. The number of nitrogens with one attached hydrogen (secondary N) is 2. The molecular formula is C23H22N4O3. The van der Waals surface area contributed by atoms with Crippen molar-refractivity contribution in [3.05, 3.63) is 83.7 Å². The largest absolute Gasteiger partial charge is 0.486 e. The third-order valence-corrected chi connectivity index (χ3v) is 4.49. The molecule has 7 nitrogen and oxygen atoms in total. The van der Waals surface area contributed by atoms with Crippen LogP contribution < -0.4 is 20.1 Å². The Balaban J connectivity index is 1.55.